The van der Waals surface area contributed by atoms with Crippen LogP contribution in [0.1, 0.15) is 22.3 Å². The summed E-state index contributed by atoms with van der Waals surface area (Å²) in [6.07, 6.45) is 1.54. The van der Waals surface area contributed by atoms with E-state index < -0.39 is 22.9 Å². The first-order valence-electron chi connectivity index (χ1n) is 12.8. The minimum atomic E-state index is -0.578. The zero-order valence-corrected chi connectivity index (χ0v) is 24.3. The van der Waals surface area contributed by atoms with E-state index in [0.29, 0.717) is 22.5 Å². The van der Waals surface area contributed by atoms with Crippen LogP contribution in [0.3, 0.4) is 0 Å². The highest BCUT2D eigenvalue weighted by molar-refractivity contribution is 9.10. The van der Waals surface area contributed by atoms with Crippen molar-refractivity contribution in [2.24, 2.45) is 0 Å². The molecule has 1 atom stereocenters. The van der Waals surface area contributed by atoms with Crippen molar-refractivity contribution in [3.05, 3.63) is 130 Å². The molecular formula is C32H23BrFN3O4S. The second-order valence-electron chi connectivity index (χ2n) is 9.26. The zero-order valence-electron chi connectivity index (χ0n) is 21.9. The predicted octanol–water partition coefficient (Wildman–Crippen LogP) is 6.42. The number of hydrogen-bond donors (Lipinski definition) is 2. The molecule has 7 nitrogen and oxygen atoms in total. The molecule has 2 N–H and O–H groups in total. The Labute approximate surface area is 253 Å². The van der Waals surface area contributed by atoms with Crippen LogP contribution in [-0.4, -0.2) is 28.9 Å². The van der Waals surface area contributed by atoms with Gasteiger partial charge in [0, 0.05) is 27.0 Å². The van der Waals surface area contributed by atoms with Gasteiger partial charge in [-0.15, -0.1) is 11.8 Å². The summed E-state index contributed by atoms with van der Waals surface area (Å²) < 4.78 is 14.2. The maximum Gasteiger partial charge on any atom is 0.272 e. The molecule has 4 amide bonds. The lowest BCUT2D eigenvalue weighted by molar-refractivity contribution is -0.121. The fourth-order valence-electron chi connectivity index (χ4n) is 4.21. The summed E-state index contributed by atoms with van der Waals surface area (Å²) in [5, 5.41) is 4.83. The predicted molar refractivity (Wildman–Crippen MR) is 164 cm³/mol. The fraction of sp³-hybridized carbons (Fsp3) is 0.0625. The lowest BCUT2D eigenvalue weighted by Crippen LogP contribution is -2.31. The van der Waals surface area contributed by atoms with E-state index in [-0.39, 0.29) is 23.9 Å². The molecule has 0 bridgehead atoms. The monoisotopic (exact) mass is 643 g/mol. The van der Waals surface area contributed by atoms with Crippen molar-refractivity contribution in [1.82, 2.24) is 5.32 Å². The number of benzene rings is 4. The molecule has 1 aliphatic rings. The molecule has 210 valence electrons. The van der Waals surface area contributed by atoms with Gasteiger partial charge in [-0.2, -0.15) is 0 Å². The van der Waals surface area contributed by atoms with Gasteiger partial charge in [0.2, 0.25) is 11.8 Å². The average Bonchev–Trinajstić information content (AvgIpc) is 3.27. The molecule has 0 aromatic heterocycles. The first-order valence-corrected chi connectivity index (χ1v) is 14.5. The minimum absolute atomic E-state index is 0.0305. The Morgan fingerprint density at radius 2 is 1.55 bits per heavy atom. The maximum absolute atomic E-state index is 13.4. The van der Waals surface area contributed by atoms with Gasteiger partial charge in [-0.3, -0.25) is 19.2 Å². The Balaban J connectivity index is 1.27. The Kier molecular flexibility index (Phi) is 8.94. The number of nitrogens with one attached hydrogen (secondary N) is 2. The molecule has 1 saturated heterocycles. The SMILES string of the molecule is O=C(Nc1ccc(SC2CC(=O)N(c3ccc(Br)cc3)C2=O)cc1)/C(=C/c1ccc(F)cc1)NC(=O)c1ccccc1. The van der Waals surface area contributed by atoms with Crippen molar-refractivity contribution in [3.8, 4) is 0 Å². The molecule has 5 rings (SSSR count). The van der Waals surface area contributed by atoms with Gasteiger partial charge in [-0.25, -0.2) is 9.29 Å². The van der Waals surface area contributed by atoms with Gasteiger partial charge in [0.15, 0.2) is 0 Å². The lowest BCUT2D eigenvalue weighted by Gasteiger charge is -2.15. The number of thioether (sulfide) groups is 1. The number of anilines is 2. The van der Waals surface area contributed by atoms with E-state index in [9.17, 15) is 23.6 Å². The fourth-order valence-corrected chi connectivity index (χ4v) is 5.52. The molecular weight excluding hydrogens is 621 g/mol. The van der Waals surface area contributed by atoms with E-state index >= 15 is 0 Å². The number of halogens is 2. The average molecular weight is 645 g/mol. The Morgan fingerprint density at radius 3 is 2.21 bits per heavy atom. The number of imide groups is 1. The van der Waals surface area contributed by atoms with Crippen molar-refractivity contribution in [2.45, 2.75) is 16.6 Å². The summed E-state index contributed by atoms with van der Waals surface area (Å²) in [6.45, 7) is 0. The Morgan fingerprint density at radius 1 is 0.881 bits per heavy atom. The van der Waals surface area contributed by atoms with E-state index in [1.807, 2.05) is 0 Å². The Bertz CT molecular complexity index is 1660. The molecule has 4 aromatic carbocycles. The van der Waals surface area contributed by atoms with E-state index in [1.54, 1.807) is 78.9 Å². The molecule has 0 aliphatic carbocycles. The second kappa shape index (κ2) is 13.0. The molecule has 0 radical (unpaired) electrons. The van der Waals surface area contributed by atoms with Gasteiger partial charge in [-0.1, -0.05) is 46.3 Å². The van der Waals surface area contributed by atoms with Crippen molar-refractivity contribution in [3.63, 3.8) is 0 Å². The summed E-state index contributed by atoms with van der Waals surface area (Å²) in [5.41, 5.74) is 1.84. The number of carbonyl (C=O) groups is 4. The van der Waals surface area contributed by atoms with Gasteiger partial charge in [0.05, 0.1) is 10.9 Å². The lowest BCUT2D eigenvalue weighted by atomic mass is 10.1. The molecule has 42 heavy (non-hydrogen) atoms. The third-order valence-corrected chi connectivity index (χ3v) is 8.02. The van der Waals surface area contributed by atoms with E-state index in [4.69, 9.17) is 0 Å². The van der Waals surface area contributed by atoms with Crippen LogP contribution >= 0.6 is 27.7 Å². The summed E-state index contributed by atoms with van der Waals surface area (Å²) in [6, 6.07) is 27.8. The van der Waals surface area contributed by atoms with Crippen LogP contribution in [0.5, 0.6) is 0 Å². The van der Waals surface area contributed by atoms with Crippen molar-refractivity contribution >= 4 is 68.8 Å². The van der Waals surface area contributed by atoms with E-state index in [1.165, 1.54) is 47.0 Å². The van der Waals surface area contributed by atoms with E-state index in [0.717, 1.165) is 9.37 Å². The van der Waals surface area contributed by atoms with E-state index in [2.05, 4.69) is 26.6 Å². The zero-order chi connectivity index (χ0) is 29.6. The smallest absolute Gasteiger partial charge is 0.272 e. The first-order chi connectivity index (χ1) is 20.3. The topological polar surface area (TPSA) is 95.6 Å². The third kappa shape index (κ3) is 7.02. The van der Waals surface area contributed by atoms with Gasteiger partial charge in [0.1, 0.15) is 11.5 Å². The van der Waals surface area contributed by atoms with Crippen molar-refractivity contribution in [1.29, 1.82) is 0 Å². The molecule has 10 heteroatoms. The van der Waals surface area contributed by atoms with Gasteiger partial charge >= 0.3 is 0 Å². The van der Waals surface area contributed by atoms with Crippen molar-refractivity contribution < 1.29 is 23.6 Å². The summed E-state index contributed by atoms with van der Waals surface area (Å²) in [5.74, 6) is -2.02. The summed E-state index contributed by atoms with van der Waals surface area (Å²) >= 11 is 4.63. The standard InChI is InChI=1S/C32H23BrFN3O4S/c33-22-8-14-25(15-9-22)37-29(38)19-28(32(37)41)42-26-16-12-24(13-17-26)35-31(40)27(18-20-6-10-23(34)11-7-20)36-30(39)21-4-2-1-3-5-21/h1-18,28H,19H2,(H,35,40)(H,36,39)/b27-18-. The highest BCUT2D eigenvalue weighted by Crippen LogP contribution is 2.34. The van der Waals surface area contributed by atoms with Crippen molar-refractivity contribution in [2.75, 3.05) is 10.2 Å². The highest BCUT2D eigenvalue weighted by atomic mass is 79.9. The minimum Gasteiger partial charge on any atom is -0.321 e. The van der Waals surface area contributed by atoms with Crippen LogP contribution in [0.15, 0.2) is 118 Å². The highest BCUT2D eigenvalue weighted by Gasteiger charge is 2.40. The largest absolute Gasteiger partial charge is 0.321 e. The van der Waals surface area contributed by atoms with Crippen LogP contribution in [0.2, 0.25) is 0 Å². The quantitative estimate of drug-likeness (QED) is 0.171. The summed E-state index contributed by atoms with van der Waals surface area (Å²) in [4.78, 5) is 53.6. The second-order valence-corrected chi connectivity index (χ2v) is 11.5. The molecule has 1 heterocycles. The molecule has 0 saturated carbocycles. The van der Waals surface area contributed by atoms with Crippen LogP contribution in [0.25, 0.3) is 6.08 Å². The number of carbonyl (C=O) groups excluding carboxylic acids is 4. The van der Waals surface area contributed by atoms with Crippen LogP contribution in [0, 0.1) is 5.82 Å². The summed E-state index contributed by atoms with van der Waals surface area (Å²) in [7, 11) is 0. The number of amides is 4. The molecule has 1 fully saturated rings. The first kappa shape index (κ1) is 29.0. The maximum atomic E-state index is 13.4. The third-order valence-electron chi connectivity index (χ3n) is 6.29. The van der Waals surface area contributed by atoms with Crippen LogP contribution < -0.4 is 15.5 Å². The van der Waals surface area contributed by atoms with Crippen LogP contribution in [0.4, 0.5) is 15.8 Å². The Hall–Kier alpha value is -4.54. The molecule has 1 aliphatic heterocycles. The molecule has 1 unspecified atom stereocenters. The normalized spacial score (nSPS) is 15.0. The van der Waals surface area contributed by atoms with Gasteiger partial charge in [0.25, 0.3) is 11.8 Å². The molecule has 0 spiro atoms. The number of nitrogens with zero attached hydrogens (tertiary/aromatic N) is 1. The molecule has 4 aromatic rings. The number of hydrogen-bond acceptors (Lipinski definition) is 5. The number of rotatable bonds is 8. The van der Waals surface area contributed by atoms with Gasteiger partial charge < -0.3 is 10.6 Å². The van der Waals surface area contributed by atoms with Gasteiger partial charge in [-0.05, 0) is 84.4 Å². The van der Waals surface area contributed by atoms with Crippen LogP contribution in [-0.2, 0) is 14.4 Å².